The van der Waals surface area contributed by atoms with Crippen molar-refractivity contribution in [3.05, 3.63) is 23.8 Å². The third-order valence-electron chi connectivity index (χ3n) is 4.70. The highest BCUT2D eigenvalue weighted by Gasteiger charge is 2.47. The van der Waals surface area contributed by atoms with Gasteiger partial charge in [-0.1, -0.05) is 6.07 Å². The molecule has 2 fully saturated rings. The molecule has 1 aromatic carbocycles. The summed E-state index contributed by atoms with van der Waals surface area (Å²) < 4.78 is 5.33. The van der Waals surface area contributed by atoms with E-state index < -0.39 is 6.10 Å². The number of amides is 1. The Morgan fingerprint density at radius 3 is 2.84 bits per heavy atom. The van der Waals surface area contributed by atoms with E-state index in [2.05, 4.69) is 5.32 Å². The van der Waals surface area contributed by atoms with Crippen LogP contribution in [0.4, 0.5) is 5.69 Å². The van der Waals surface area contributed by atoms with Gasteiger partial charge in [-0.25, -0.2) is 0 Å². The van der Waals surface area contributed by atoms with Crippen LogP contribution in [-0.4, -0.2) is 17.6 Å². The Bertz CT molecular complexity index is 532. The molecule has 4 heteroatoms. The van der Waals surface area contributed by atoms with Gasteiger partial charge in [-0.3, -0.25) is 4.79 Å². The molecule has 3 atom stereocenters. The molecule has 19 heavy (non-hydrogen) atoms. The van der Waals surface area contributed by atoms with Gasteiger partial charge in [0.05, 0.1) is 11.8 Å². The maximum Gasteiger partial charge on any atom is 0.262 e. The number of carbonyl (C=O) groups excluding carboxylic acids is 1. The monoisotopic (exact) mass is 259 g/mol. The lowest BCUT2D eigenvalue weighted by Crippen LogP contribution is -2.25. The Morgan fingerprint density at radius 1 is 1.26 bits per heavy atom. The summed E-state index contributed by atoms with van der Waals surface area (Å²) in [5.74, 6) is 2.65. The number of rotatable bonds is 2. The number of carbonyl (C=O) groups is 1. The van der Waals surface area contributed by atoms with Crippen LogP contribution in [0.3, 0.4) is 0 Å². The number of fused-ring (bicyclic) bond motifs is 2. The fraction of sp³-hybridized carbons (Fsp3) is 0.533. The van der Waals surface area contributed by atoms with E-state index in [1.807, 2.05) is 18.2 Å². The van der Waals surface area contributed by atoms with Crippen molar-refractivity contribution >= 4 is 11.6 Å². The summed E-state index contributed by atoms with van der Waals surface area (Å²) >= 11 is 0. The normalized spacial score (nSPS) is 32.9. The van der Waals surface area contributed by atoms with E-state index in [1.54, 1.807) is 0 Å². The molecular formula is C15H17NO3. The third-order valence-corrected chi connectivity index (χ3v) is 4.70. The molecule has 1 aliphatic heterocycles. The fourth-order valence-corrected chi connectivity index (χ4v) is 3.58. The Morgan fingerprint density at radius 2 is 2.05 bits per heavy atom. The van der Waals surface area contributed by atoms with E-state index in [0.29, 0.717) is 17.4 Å². The number of aliphatic hydroxyl groups is 1. The standard InChI is InChI=1S/C15H17NO3/c17-14-7-19-13-2-1-8(6-12(13)16-14)15(18)11-4-9-3-10(9)5-11/h1-2,6,9-11,15,18H,3-5,7H2,(H,16,17). The molecule has 2 N–H and O–H groups in total. The highest BCUT2D eigenvalue weighted by atomic mass is 16.5. The van der Waals surface area contributed by atoms with Crippen LogP contribution in [0.25, 0.3) is 0 Å². The van der Waals surface area contributed by atoms with Gasteiger partial charge in [-0.15, -0.1) is 0 Å². The Labute approximate surface area is 111 Å². The predicted octanol–water partition coefficient (Wildman–Crippen LogP) is 2.10. The topological polar surface area (TPSA) is 58.6 Å². The quantitative estimate of drug-likeness (QED) is 0.855. The Kier molecular flexibility index (Phi) is 2.36. The SMILES string of the molecule is O=C1COc2ccc(C(O)C3CC4CC4C3)cc2N1. The first kappa shape index (κ1) is 11.3. The molecule has 0 spiro atoms. The minimum absolute atomic E-state index is 0.0703. The van der Waals surface area contributed by atoms with Crippen LogP contribution in [0.15, 0.2) is 18.2 Å². The second-order valence-corrected chi connectivity index (χ2v) is 6.02. The summed E-state index contributed by atoms with van der Waals surface area (Å²) in [5.41, 5.74) is 1.56. The first-order chi connectivity index (χ1) is 9.20. The molecule has 4 rings (SSSR count). The average molecular weight is 259 g/mol. The molecule has 3 aliphatic rings. The lowest BCUT2D eigenvalue weighted by molar-refractivity contribution is -0.118. The lowest BCUT2D eigenvalue weighted by Gasteiger charge is -2.23. The van der Waals surface area contributed by atoms with Crippen LogP contribution >= 0.6 is 0 Å². The van der Waals surface area contributed by atoms with E-state index in [0.717, 1.165) is 30.2 Å². The van der Waals surface area contributed by atoms with Gasteiger partial charge in [-0.2, -0.15) is 0 Å². The number of aliphatic hydroxyl groups excluding tert-OH is 1. The van der Waals surface area contributed by atoms with Gasteiger partial charge in [0, 0.05) is 0 Å². The highest BCUT2D eigenvalue weighted by molar-refractivity contribution is 5.95. The van der Waals surface area contributed by atoms with Crippen LogP contribution in [0.2, 0.25) is 0 Å². The molecule has 2 saturated carbocycles. The summed E-state index contributed by atoms with van der Waals surface area (Å²) in [5, 5.41) is 13.3. The molecule has 1 amide bonds. The summed E-state index contributed by atoms with van der Waals surface area (Å²) in [6.07, 6.45) is 3.23. The molecule has 0 radical (unpaired) electrons. The molecule has 1 aromatic rings. The Balaban J connectivity index is 1.57. The van der Waals surface area contributed by atoms with Crippen molar-refractivity contribution in [2.75, 3.05) is 11.9 Å². The number of hydrogen-bond donors (Lipinski definition) is 2. The second kappa shape index (κ2) is 3.97. The highest BCUT2D eigenvalue weighted by Crippen LogP contribution is 2.57. The summed E-state index contributed by atoms with van der Waals surface area (Å²) in [6.45, 7) is 0.0703. The molecule has 1 heterocycles. The zero-order chi connectivity index (χ0) is 13.0. The molecule has 3 unspecified atom stereocenters. The fourth-order valence-electron chi connectivity index (χ4n) is 3.58. The zero-order valence-electron chi connectivity index (χ0n) is 10.6. The maximum absolute atomic E-state index is 11.3. The van der Waals surface area contributed by atoms with E-state index in [9.17, 15) is 9.90 Å². The number of hydrogen-bond acceptors (Lipinski definition) is 3. The van der Waals surface area contributed by atoms with Crippen molar-refractivity contribution in [3.8, 4) is 5.75 Å². The number of benzene rings is 1. The van der Waals surface area contributed by atoms with Crippen molar-refractivity contribution in [1.29, 1.82) is 0 Å². The molecule has 100 valence electrons. The van der Waals surface area contributed by atoms with Gasteiger partial charge in [-0.05, 0) is 54.7 Å². The van der Waals surface area contributed by atoms with Crippen LogP contribution in [0.5, 0.6) is 5.75 Å². The van der Waals surface area contributed by atoms with E-state index in [1.165, 1.54) is 6.42 Å². The third kappa shape index (κ3) is 1.91. The van der Waals surface area contributed by atoms with Crippen molar-refractivity contribution in [1.82, 2.24) is 0 Å². The van der Waals surface area contributed by atoms with Crippen LogP contribution in [0, 0.1) is 17.8 Å². The van der Waals surface area contributed by atoms with Crippen molar-refractivity contribution in [2.24, 2.45) is 17.8 Å². The molecule has 0 saturated heterocycles. The number of ether oxygens (including phenoxy) is 1. The van der Waals surface area contributed by atoms with Crippen LogP contribution < -0.4 is 10.1 Å². The largest absolute Gasteiger partial charge is 0.482 e. The smallest absolute Gasteiger partial charge is 0.262 e. The van der Waals surface area contributed by atoms with Crippen LogP contribution in [-0.2, 0) is 4.79 Å². The molecular weight excluding hydrogens is 242 g/mol. The number of anilines is 1. The van der Waals surface area contributed by atoms with E-state index >= 15 is 0 Å². The van der Waals surface area contributed by atoms with Gasteiger partial charge < -0.3 is 15.2 Å². The minimum atomic E-state index is -0.420. The van der Waals surface area contributed by atoms with Crippen LogP contribution in [0.1, 0.15) is 30.9 Å². The molecule has 2 aliphatic carbocycles. The summed E-state index contributed by atoms with van der Waals surface area (Å²) in [4.78, 5) is 11.3. The van der Waals surface area contributed by atoms with Crippen molar-refractivity contribution < 1.29 is 14.6 Å². The van der Waals surface area contributed by atoms with Crippen molar-refractivity contribution in [3.63, 3.8) is 0 Å². The predicted molar refractivity (Wildman–Crippen MR) is 69.8 cm³/mol. The first-order valence-electron chi connectivity index (χ1n) is 6.95. The van der Waals surface area contributed by atoms with E-state index in [-0.39, 0.29) is 12.5 Å². The molecule has 0 aromatic heterocycles. The van der Waals surface area contributed by atoms with Gasteiger partial charge in [0.25, 0.3) is 5.91 Å². The minimum Gasteiger partial charge on any atom is -0.482 e. The molecule has 0 bridgehead atoms. The summed E-state index contributed by atoms with van der Waals surface area (Å²) in [7, 11) is 0. The summed E-state index contributed by atoms with van der Waals surface area (Å²) in [6, 6.07) is 5.59. The number of nitrogens with one attached hydrogen (secondary N) is 1. The van der Waals surface area contributed by atoms with Crippen molar-refractivity contribution in [2.45, 2.75) is 25.4 Å². The second-order valence-electron chi connectivity index (χ2n) is 6.02. The maximum atomic E-state index is 11.3. The Hall–Kier alpha value is -1.55. The van der Waals surface area contributed by atoms with Gasteiger partial charge in [0.15, 0.2) is 6.61 Å². The first-order valence-corrected chi connectivity index (χ1v) is 6.95. The lowest BCUT2D eigenvalue weighted by atomic mass is 9.91. The zero-order valence-corrected chi connectivity index (χ0v) is 10.6. The average Bonchev–Trinajstić information content (AvgIpc) is 3.03. The van der Waals surface area contributed by atoms with Gasteiger partial charge in [0.1, 0.15) is 5.75 Å². The molecule has 4 nitrogen and oxygen atoms in total. The van der Waals surface area contributed by atoms with E-state index in [4.69, 9.17) is 4.74 Å². The van der Waals surface area contributed by atoms with Gasteiger partial charge in [0.2, 0.25) is 0 Å². The van der Waals surface area contributed by atoms with Gasteiger partial charge >= 0.3 is 0 Å².